The number of halogens is 1. The van der Waals surface area contributed by atoms with Gasteiger partial charge >= 0.3 is 0 Å². The summed E-state index contributed by atoms with van der Waals surface area (Å²) >= 11 is 6.00. The lowest BCUT2D eigenvalue weighted by molar-refractivity contribution is 0.461. The minimum atomic E-state index is 0.600. The molecule has 0 aliphatic rings. The molecule has 4 heteroatoms. The quantitative estimate of drug-likeness (QED) is 0.804. The normalized spacial score (nSPS) is 10.6. The van der Waals surface area contributed by atoms with E-state index in [1.165, 1.54) is 0 Å². The van der Waals surface area contributed by atoms with Crippen molar-refractivity contribution in [1.82, 2.24) is 10.3 Å². The number of pyridine rings is 1. The van der Waals surface area contributed by atoms with Crippen molar-refractivity contribution in [3.8, 4) is 11.6 Å². The zero-order valence-electron chi connectivity index (χ0n) is 11.8. The van der Waals surface area contributed by atoms with Crippen molar-refractivity contribution in [3.63, 3.8) is 0 Å². The first-order valence-electron chi connectivity index (χ1n) is 6.78. The van der Waals surface area contributed by atoms with Crippen molar-refractivity contribution in [2.24, 2.45) is 0 Å². The molecule has 0 aliphatic carbocycles. The number of benzene rings is 1. The van der Waals surface area contributed by atoms with Crippen LogP contribution in [0.4, 0.5) is 0 Å². The molecule has 2 rings (SSSR count). The maximum Gasteiger partial charge on any atom is 0.219 e. The summed E-state index contributed by atoms with van der Waals surface area (Å²) in [5.74, 6) is 1.35. The molecule has 106 valence electrons. The Morgan fingerprint density at radius 3 is 2.85 bits per heavy atom. The monoisotopic (exact) mass is 290 g/mol. The molecule has 3 nitrogen and oxygen atoms in total. The third-order valence-electron chi connectivity index (χ3n) is 2.91. The summed E-state index contributed by atoms with van der Waals surface area (Å²) in [6.45, 7) is 5.94. The van der Waals surface area contributed by atoms with Gasteiger partial charge < -0.3 is 10.1 Å². The average molecular weight is 291 g/mol. The highest BCUT2D eigenvalue weighted by Crippen LogP contribution is 2.25. The topological polar surface area (TPSA) is 34.2 Å². The molecule has 1 N–H and O–H groups in total. The van der Waals surface area contributed by atoms with E-state index in [2.05, 4.69) is 17.2 Å². The van der Waals surface area contributed by atoms with Crippen LogP contribution in [0.15, 0.2) is 36.5 Å². The van der Waals surface area contributed by atoms with Crippen LogP contribution < -0.4 is 10.1 Å². The van der Waals surface area contributed by atoms with E-state index in [9.17, 15) is 0 Å². The molecule has 20 heavy (non-hydrogen) atoms. The zero-order valence-corrected chi connectivity index (χ0v) is 12.6. The van der Waals surface area contributed by atoms with Gasteiger partial charge in [-0.15, -0.1) is 0 Å². The van der Waals surface area contributed by atoms with Gasteiger partial charge in [-0.1, -0.05) is 18.5 Å². The van der Waals surface area contributed by atoms with Gasteiger partial charge in [-0.3, -0.25) is 0 Å². The summed E-state index contributed by atoms with van der Waals surface area (Å²) < 4.78 is 5.76. The lowest BCUT2D eigenvalue weighted by atomic mass is 10.2. The van der Waals surface area contributed by atoms with Crippen molar-refractivity contribution in [2.75, 3.05) is 6.54 Å². The van der Waals surface area contributed by atoms with Crippen LogP contribution in [0.25, 0.3) is 0 Å². The summed E-state index contributed by atoms with van der Waals surface area (Å²) in [6.07, 6.45) is 2.89. The molecule has 0 spiro atoms. The maximum atomic E-state index is 6.00. The molecule has 1 aromatic carbocycles. The molecule has 1 aromatic heterocycles. The number of nitrogens with one attached hydrogen (secondary N) is 1. The highest BCUT2D eigenvalue weighted by molar-refractivity contribution is 6.31. The minimum Gasteiger partial charge on any atom is -0.439 e. The second-order valence-corrected chi connectivity index (χ2v) is 5.10. The van der Waals surface area contributed by atoms with Crippen LogP contribution >= 0.6 is 11.6 Å². The molecular weight excluding hydrogens is 272 g/mol. The Bertz CT molecular complexity index is 572. The summed E-state index contributed by atoms with van der Waals surface area (Å²) in [5.41, 5.74) is 2.15. The van der Waals surface area contributed by atoms with Crippen molar-refractivity contribution >= 4 is 11.6 Å². The zero-order chi connectivity index (χ0) is 14.4. The molecule has 0 bridgehead atoms. The predicted octanol–water partition coefficient (Wildman–Crippen LogP) is 4.34. The Morgan fingerprint density at radius 2 is 2.10 bits per heavy atom. The van der Waals surface area contributed by atoms with Crippen LogP contribution in [0.1, 0.15) is 24.5 Å². The SMILES string of the molecule is CCCNCc1ccnc(Oc2ccc(Cl)c(C)c2)c1. The lowest BCUT2D eigenvalue weighted by Gasteiger charge is -2.08. The fourth-order valence-electron chi connectivity index (χ4n) is 1.83. The molecule has 0 unspecified atom stereocenters. The maximum absolute atomic E-state index is 6.00. The average Bonchev–Trinajstić information content (AvgIpc) is 2.44. The standard InChI is InChI=1S/C16H19ClN2O/c1-3-7-18-11-13-6-8-19-16(10-13)20-14-4-5-15(17)12(2)9-14/h4-6,8-10,18H,3,7,11H2,1-2H3. The van der Waals surface area contributed by atoms with Crippen molar-refractivity contribution in [1.29, 1.82) is 0 Å². The summed E-state index contributed by atoms with van der Waals surface area (Å²) in [7, 11) is 0. The largest absolute Gasteiger partial charge is 0.439 e. The molecule has 0 radical (unpaired) electrons. The number of ether oxygens (including phenoxy) is 1. The fourth-order valence-corrected chi connectivity index (χ4v) is 1.94. The highest BCUT2D eigenvalue weighted by Gasteiger charge is 2.02. The summed E-state index contributed by atoms with van der Waals surface area (Å²) in [4.78, 5) is 4.23. The number of hydrogen-bond acceptors (Lipinski definition) is 3. The molecule has 2 aromatic rings. The van der Waals surface area contributed by atoms with Crippen molar-refractivity contribution in [2.45, 2.75) is 26.8 Å². The number of aromatic nitrogens is 1. The van der Waals surface area contributed by atoms with Gasteiger partial charge in [-0.05, 0) is 55.3 Å². The van der Waals surface area contributed by atoms with E-state index in [1.54, 1.807) is 6.20 Å². The molecule has 0 saturated carbocycles. The molecule has 0 fully saturated rings. The van der Waals surface area contributed by atoms with Gasteiger partial charge in [0.2, 0.25) is 5.88 Å². The number of nitrogens with zero attached hydrogens (tertiary/aromatic N) is 1. The van der Waals surface area contributed by atoms with Gasteiger partial charge in [0.25, 0.3) is 0 Å². The highest BCUT2D eigenvalue weighted by atomic mass is 35.5. The van der Waals surface area contributed by atoms with E-state index in [4.69, 9.17) is 16.3 Å². The number of hydrogen-bond donors (Lipinski definition) is 1. The minimum absolute atomic E-state index is 0.600. The molecule has 0 saturated heterocycles. The summed E-state index contributed by atoms with van der Waals surface area (Å²) in [5, 5.41) is 4.10. The third kappa shape index (κ3) is 4.22. The lowest BCUT2D eigenvalue weighted by Crippen LogP contribution is -2.13. The first kappa shape index (κ1) is 14.8. The second kappa shape index (κ2) is 7.27. The van der Waals surface area contributed by atoms with E-state index < -0.39 is 0 Å². The molecule has 1 heterocycles. The first-order chi connectivity index (χ1) is 9.69. The molecular formula is C16H19ClN2O. The Hall–Kier alpha value is -1.58. The van der Waals surface area contributed by atoms with Gasteiger partial charge in [0, 0.05) is 23.8 Å². The van der Waals surface area contributed by atoms with Crippen LogP contribution in [-0.2, 0) is 6.54 Å². The van der Waals surface area contributed by atoms with E-state index in [0.29, 0.717) is 5.88 Å². The van der Waals surface area contributed by atoms with Crippen LogP contribution in [0.3, 0.4) is 0 Å². The van der Waals surface area contributed by atoms with Crippen molar-refractivity contribution < 1.29 is 4.74 Å². The van der Waals surface area contributed by atoms with E-state index in [1.807, 2.05) is 37.3 Å². The number of aryl methyl sites for hydroxylation is 1. The van der Waals surface area contributed by atoms with Crippen LogP contribution in [0, 0.1) is 6.92 Å². The first-order valence-corrected chi connectivity index (χ1v) is 7.16. The predicted molar refractivity (Wildman–Crippen MR) is 82.5 cm³/mol. The van der Waals surface area contributed by atoms with Gasteiger partial charge in [0.15, 0.2) is 0 Å². The third-order valence-corrected chi connectivity index (χ3v) is 3.33. The van der Waals surface area contributed by atoms with E-state index >= 15 is 0 Å². The van der Waals surface area contributed by atoms with Gasteiger partial charge in [0.05, 0.1) is 0 Å². The van der Waals surface area contributed by atoms with Gasteiger partial charge in [-0.25, -0.2) is 4.98 Å². The smallest absolute Gasteiger partial charge is 0.219 e. The Morgan fingerprint density at radius 1 is 1.25 bits per heavy atom. The molecule has 0 aliphatic heterocycles. The van der Waals surface area contributed by atoms with E-state index in [0.717, 1.165) is 41.4 Å². The Labute approximate surface area is 124 Å². The molecule has 0 atom stereocenters. The Kier molecular flexibility index (Phi) is 5.39. The number of rotatable bonds is 6. The van der Waals surface area contributed by atoms with Gasteiger partial charge in [0.1, 0.15) is 5.75 Å². The summed E-state index contributed by atoms with van der Waals surface area (Å²) in [6, 6.07) is 9.53. The van der Waals surface area contributed by atoms with Crippen molar-refractivity contribution in [3.05, 3.63) is 52.7 Å². The van der Waals surface area contributed by atoms with E-state index in [-0.39, 0.29) is 0 Å². The van der Waals surface area contributed by atoms with Gasteiger partial charge in [-0.2, -0.15) is 0 Å². The second-order valence-electron chi connectivity index (χ2n) is 4.69. The van der Waals surface area contributed by atoms with Crippen LogP contribution in [-0.4, -0.2) is 11.5 Å². The Balaban J connectivity index is 2.05. The fraction of sp³-hybridized carbons (Fsp3) is 0.312. The molecule has 0 amide bonds. The van der Waals surface area contributed by atoms with Crippen LogP contribution in [0.2, 0.25) is 5.02 Å². The van der Waals surface area contributed by atoms with Crippen LogP contribution in [0.5, 0.6) is 11.6 Å².